The molecule has 1 amide bonds. The third kappa shape index (κ3) is 2.74. The average molecular weight is 239 g/mol. The first-order valence-electron chi connectivity index (χ1n) is 4.38. The summed E-state index contributed by atoms with van der Waals surface area (Å²) in [6, 6.07) is 3.17. The molecule has 0 aliphatic carbocycles. The van der Waals surface area contributed by atoms with Crippen molar-refractivity contribution in [1.29, 1.82) is 0 Å². The molecule has 82 valence electrons. The largest absolute Gasteiger partial charge is 0.310 e. The number of halogens is 1. The summed E-state index contributed by atoms with van der Waals surface area (Å²) in [7, 11) is 0. The first-order chi connectivity index (χ1) is 7.74. The third-order valence-corrected chi connectivity index (χ3v) is 1.93. The van der Waals surface area contributed by atoms with E-state index >= 15 is 0 Å². The lowest BCUT2D eigenvalue weighted by Crippen LogP contribution is -2.16. The van der Waals surface area contributed by atoms with E-state index in [4.69, 9.17) is 11.6 Å². The summed E-state index contributed by atoms with van der Waals surface area (Å²) in [4.78, 5) is 15.4. The Morgan fingerprint density at radius 1 is 1.56 bits per heavy atom. The maximum absolute atomic E-state index is 11.5. The van der Waals surface area contributed by atoms with Crippen LogP contribution in [0.1, 0.15) is 5.82 Å². The Morgan fingerprint density at radius 3 is 3.12 bits per heavy atom. The fourth-order valence-corrected chi connectivity index (χ4v) is 1.22. The first kappa shape index (κ1) is 10.5. The van der Waals surface area contributed by atoms with E-state index < -0.39 is 0 Å². The highest BCUT2D eigenvalue weighted by atomic mass is 35.5. The molecular formula is C8H7ClN6O. The van der Waals surface area contributed by atoms with E-state index in [1.807, 2.05) is 0 Å². The Morgan fingerprint density at radius 2 is 2.44 bits per heavy atom. The number of aromatic amines is 1. The number of rotatable bonds is 3. The van der Waals surface area contributed by atoms with Gasteiger partial charge in [-0.25, -0.2) is 4.98 Å². The van der Waals surface area contributed by atoms with Gasteiger partial charge in [0.05, 0.1) is 6.42 Å². The summed E-state index contributed by atoms with van der Waals surface area (Å²) in [5.74, 6) is 0.427. The maximum atomic E-state index is 11.5. The summed E-state index contributed by atoms with van der Waals surface area (Å²) in [6.07, 6.45) is 1.54. The number of hydrogen-bond acceptors (Lipinski definition) is 5. The van der Waals surface area contributed by atoms with Crippen LogP contribution in [-0.4, -0.2) is 31.5 Å². The summed E-state index contributed by atoms with van der Waals surface area (Å²) in [5, 5.41) is 16.0. The second kappa shape index (κ2) is 4.67. The van der Waals surface area contributed by atoms with Gasteiger partial charge in [-0.2, -0.15) is 5.21 Å². The van der Waals surface area contributed by atoms with Crippen LogP contribution in [0.2, 0.25) is 5.02 Å². The highest BCUT2D eigenvalue weighted by Crippen LogP contribution is 2.11. The van der Waals surface area contributed by atoms with E-state index in [1.165, 1.54) is 6.20 Å². The van der Waals surface area contributed by atoms with Crippen LogP contribution in [0.15, 0.2) is 18.3 Å². The van der Waals surface area contributed by atoms with Crippen molar-refractivity contribution < 1.29 is 4.79 Å². The normalized spacial score (nSPS) is 10.1. The molecule has 8 heteroatoms. The topological polar surface area (TPSA) is 96.5 Å². The van der Waals surface area contributed by atoms with Gasteiger partial charge in [0.15, 0.2) is 5.82 Å². The molecule has 0 aliphatic rings. The number of hydrogen-bond donors (Lipinski definition) is 2. The van der Waals surface area contributed by atoms with E-state index in [0.717, 1.165) is 0 Å². The molecular weight excluding hydrogens is 232 g/mol. The van der Waals surface area contributed by atoms with Crippen LogP contribution in [-0.2, 0) is 11.2 Å². The zero-order valence-electron chi connectivity index (χ0n) is 8.01. The van der Waals surface area contributed by atoms with Crippen LogP contribution in [0.25, 0.3) is 0 Å². The summed E-state index contributed by atoms with van der Waals surface area (Å²) in [5.41, 5.74) is 0. The van der Waals surface area contributed by atoms with Gasteiger partial charge in [-0.3, -0.25) is 4.79 Å². The monoisotopic (exact) mass is 238 g/mol. The number of tetrazole rings is 1. The fourth-order valence-electron chi connectivity index (χ4n) is 1.06. The predicted molar refractivity (Wildman–Crippen MR) is 55.8 cm³/mol. The van der Waals surface area contributed by atoms with Crippen molar-refractivity contribution in [2.24, 2.45) is 0 Å². The Labute approximate surface area is 95.2 Å². The van der Waals surface area contributed by atoms with Crippen molar-refractivity contribution >= 4 is 23.3 Å². The molecule has 0 aliphatic heterocycles. The van der Waals surface area contributed by atoms with E-state index in [1.54, 1.807) is 12.1 Å². The molecule has 0 bridgehead atoms. The molecule has 0 radical (unpaired) electrons. The molecule has 2 heterocycles. The molecule has 0 saturated heterocycles. The van der Waals surface area contributed by atoms with Gasteiger partial charge in [-0.15, -0.1) is 10.2 Å². The Kier molecular flexibility index (Phi) is 3.06. The van der Waals surface area contributed by atoms with Crippen molar-refractivity contribution in [2.45, 2.75) is 6.42 Å². The molecule has 0 unspecified atom stereocenters. The van der Waals surface area contributed by atoms with E-state index in [2.05, 4.69) is 30.9 Å². The van der Waals surface area contributed by atoms with Crippen molar-refractivity contribution in [3.8, 4) is 0 Å². The number of aromatic nitrogens is 5. The molecule has 16 heavy (non-hydrogen) atoms. The minimum atomic E-state index is -0.281. The van der Waals surface area contributed by atoms with E-state index in [-0.39, 0.29) is 12.3 Å². The quantitative estimate of drug-likeness (QED) is 0.808. The second-order valence-electron chi connectivity index (χ2n) is 2.91. The van der Waals surface area contributed by atoms with E-state index in [9.17, 15) is 4.79 Å². The van der Waals surface area contributed by atoms with Crippen LogP contribution < -0.4 is 5.32 Å². The van der Waals surface area contributed by atoms with Crippen LogP contribution in [0, 0.1) is 0 Å². The van der Waals surface area contributed by atoms with Crippen LogP contribution in [0.3, 0.4) is 0 Å². The molecule has 0 aromatic carbocycles. The van der Waals surface area contributed by atoms with Crippen molar-refractivity contribution in [3.05, 3.63) is 29.2 Å². The lowest BCUT2D eigenvalue weighted by atomic mass is 10.3. The summed E-state index contributed by atoms with van der Waals surface area (Å²) >= 11 is 5.74. The Hall–Kier alpha value is -2.02. The summed E-state index contributed by atoms with van der Waals surface area (Å²) < 4.78 is 0. The molecule has 2 aromatic heterocycles. The molecule has 2 aromatic rings. The molecule has 0 saturated carbocycles. The number of amides is 1. The van der Waals surface area contributed by atoms with Gasteiger partial charge in [-0.05, 0) is 12.1 Å². The lowest BCUT2D eigenvalue weighted by molar-refractivity contribution is -0.115. The van der Waals surface area contributed by atoms with Gasteiger partial charge >= 0.3 is 0 Å². The molecule has 0 atom stereocenters. The SMILES string of the molecule is O=C(Cc1nn[nH]n1)Nc1cc(Cl)ccn1. The minimum absolute atomic E-state index is 0.0324. The number of pyridine rings is 1. The van der Waals surface area contributed by atoms with Gasteiger partial charge in [-0.1, -0.05) is 16.8 Å². The number of nitrogens with zero attached hydrogens (tertiary/aromatic N) is 4. The van der Waals surface area contributed by atoms with Gasteiger partial charge in [0.25, 0.3) is 0 Å². The first-order valence-corrected chi connectivity index (χ1v) is 4.75. The number of carbonyl (C=O) groups is 1. The zero-order valence-corrected chi connectivity index (χ0v) is 8.77. The maximum Gasteiger partial charge on any atom is 0.233 e. The van der Waals surface area contributed by atoms with Crippen molar-refractivity contribution in [2.75, 3.05) is 5.32 Å². The smallest absolute Gasteiger partial charge is 0.233 e. The molecule has 2 rings (SSSR count). The van der Waals surface area contributed by atoms with Gasteiger partial charge in [0.2, 0.25) is 5.91 Å². The number of nitrogens with one attached hydrogen (secondary N) is 2. The lowest BCUT2D eigenvalue weighted by Gasteiger charge is -2.01. The highest BCUT2D eigenvalue weighted by molar-refractivity contribution is 6.30. The van der Waals surface area contributed by atoms with Crippen LogP contribution >= 0.6 is 11.6 Å². The molecule has 2 N–H and O–H groups in total. The van der Waals surface area contributed by atoms with Gasteiger partial charge < -0.3 is 5.32 Å². The van der Waals surface area contributed by atoms with Crippen LogP contribution in [0.5, 0.6) is 0 Å². The van der Waals surface area contributed by atoms with Crippen molar-refractivity contribution in [1.82, 2.24) is 25.6 Å². The standard InChI is InChI=1S/C8H7ClN6O/c9-5-1-2-10-6(3-5)11-8(16)4-7-12-14-15-13-7/h1-3H,4H2,(H,10,11,16)(H,12,13,14,15). The number of carbonyl (C=O) groups excluding carboxylic acids is 1. The van der Waals surface area contributed by atoms with E-state index in [0.29, 0.717) is 16.7 Å². The average Bonchev–Trinajstić information content (AvgIpc) is 2.70. The molecule has 0 spiro atoms. The Bertz CT molecular complexity index is 485. The van der Waals surface area contributed by atoms with Crippen LogP contribution in [0.4, 0.5) is 5.82 Å². The zero-order chi connectivity index (χ0) is 11.4. The van der Waals surface area contributed by atoms with Gasteiger partial charge in [0.1, 0.15) is 5.82 Å². The minimum Gasteiger partial charge on any atom is -0.310 e. The number of anilines is 1. The third-order valence-electron chi connectivity index (χ3n) is 1.70. The van der Waals surface area contributed by atoms with Crippen molar-refractivity contribution in [3.63, 3.8) is 0 Å². The number of H-pyrrole nitrogens is 1. The predicted octanol–water partition coefficient (Wildman–Crippen LogP) is 0.429. The fraction of sp³-hybridized carbons (Fsp3) is 0.125. The second-order valence-corrected chi connectivity index (χ2v) is 3.35. The Balaban J connectivity index is 1.97. The molecule has 0 fully saturated rings. The van der Waals surface area contributed by atoms with Gasteiger partial charge in [0, 0.05) is 11.2 Å². The summed E-state index contributed by atoms with van der Waals surface area (Å²) in [6.45, 7) is 0. The molecule has 7 nitrogen and oxygen atoms in total. The highest BCUT2D eigenvalue weighted by Gasteiger charge is 2.08.